The molecule has 0 spiro atoms. The van der Waals surface area contributed by atoms with Gasteiger partial charge in [0.1, 0.15) is 6.61 Å². The van der Waals surface area contributed by atoms with Crippen LogP contribution in [0.15, 0.2) is 0 Å². The van der Waals surface area contributed by atoms with Crippen LogP contribution in [0.25, 0.3) is 0 Å². The van der Waals surface area contributed by atoms with Crippen LogP contribution in [0.3, 0.4) is 0 Å². The summed E-state index contributed by atoms with van der Waals surface area (Å²) in [4.78, 5) is 13.2. The zero-order valence-electron chi connectivity index (χ0n) is 8.75. The first-order chi connectivity index (χ1) is 6.15. The van der Waals surface area contributed by atoms with Gasteiger partial charge in [-0.3, -0.25) is 0 Å². The molecule has 0 aromatic heterocycles. The first kappa shape index (κ1) is 10.4. The minimum atomic E-state index is -0.132. The highest BCUT2D eigenvalue weighted by Gasteiger charge is 2.31. The number of amides is 1. The Morgan fingerprint density at radius 2 is 2.31 bits per heavy atom. The van der Waals surface area contributed by atoms with Crippen molar-refractivity contribution in [1.82, 2.24) is 4.90 Å². The quantitative estimate of drug-likeness (QED) is 0.672. The van der Waals surface area contributed by atoms with Gasteiger partial charge in [0.05, 0.1) is 6.04 Å². The molecule has 0 aromatic carbocycles. The Labute approximate surface area is 80.1 Å². The van der Waals surface area contributed by atoms with Crippen LogP contribution >= 0.6 is 0 Å². The number of ether oxygens (including phenoxy) is 1. The van der Waals surface area contributed by atoms with Crippen molar-refractivity contribution >= 4 is 6.09 Å². The molecule has 1 amide bonds. The molecule has 0 bridgehead atoms. The molecule has 1 unspecified atom stereocenters. The molecule has 1 atom stereocenters. The van der Waals surface area contributed by atoms with E-state index in [4.69, 9.17) is 4.74 Å². The van der Waals surface area contributed by atoms with Gasteiger partial charge >= 0.3 is 6.09 Å². The van der Waals surface area contributed by atoms with E-state index in [1.807, 2.05) is 4.90 Å². The van der Waals surface area contributed by atoms with Crippen molar-refractivity contribution in [1.29, 1.82) is 0 Å². The van der Waals surface area contributed by atoms with Crippen molar-refractivity contribution in [3.05, 3.63) is 0 Å². The maximum atomic E-state index is 11.3. The average Bonchev–Trinajstić information content (AvgIpc) is 2.36. The van der Waals surface area contributed by atoms with E-state index in [-0.39, 0.29) is 6.09 Å². The molecule has 1 aliphatic heterocycles. The third-order valence-corrected chi connectivity index (χ3v) is 2.26. The summed E-state index contributed by atoms with van der Waals surface area (Å²) < 4.78 is 5.02. The summed E-state index contributed by atoms with van der Waals surface area (Å²) in [6, 6.07) is 0.319. The molecule has 0 N–H and O–H groups in total. The summed E-state index contributed by atoms with van der Waals surface area (Å²) >= 11 is 0. The molecule has 1 aliphatic rings. The van der Waals surface area contributed by atoms with E-state index in [2.05, 4.69) is 20.8 Å². The zero-order chi connectivity index (χ0) is 9.84. The van der Waals surface area contributed by atoms with E-state index in [0.29, 0.717) is 18.6 Å². The van der Waals surface area contributed by atoms with Gasteiger partial charge in [0.25, 0.3) is 0 Å². The van der Waals surface area contributed by atoms with Gasteiger partial charge in [-0.2, -0.15) is 0 Å². The van der Waals surface area contributed by atoms with Crippen LogP contribution in [-0.2, 0) is 4.74 Å². The molecule has 1 fully saturated rings. The van der Waals surface area contributed by atoms with E-state index in [0.717, 1.165) is 19.4 Å². The summed E-state index contributed by atoms with van der Waals surface area (Å²) in [6.45, 7) is 7.78. The lowest BCUT2D eigenvalue weighted by atomic mass is 10.1. The van der Waals surface area contributed by atoms with Gasteiger partial charge in [-0.15, -0.1) is 0 Å². The van der Waals surface area contributed by atoms with Crippen molar-refractivity contribution in [3.63, 3.8) is 0 Å². The van der Waals surface area contributed by atoms with Crippen molar-refractivity contribution in [3.8, 4) is 0 Å². The highest BCUT2D eigenvalue weighted by Crippen LogP contribution is 2.18. The Morgan fingerprint density at radius 3 is 2.85 bits per heavy atom. The Hall–Kier alpha value is -0.730. The smallest absolute Gasteiger partial charge is 0.410 e. The van der Waals surface area contributed by atoms with Crippen LogP contribution in [0.5, 0.6) is 0 Å². The normalized spacial score (nSPS) is 22.6. The Bertz CT molecular complexity index is 180. The summed E-state index contributed by atoms with van der Waals surface area (Å²) in [7, 11) is 0. The van der Waals surface area contributed by atoms with Crippen LogP contribution in [-0.4, -0.2) is 30.2 Å². The van der Waals surface area contributed by atoms with Crippen molar-refractivity contribution < 1.29 is 9.53 Å². The topological polar surface area (TPSA) is 29.5 Å². The van der Waals surface area contributed by atoms with Gasteiger partial charge in [-0.1, -0.05) is 27.2 Å². The molecular weight excluding hydrogens is 166 g/mol. The predicted octanol–water partition coefficient (Wildman–Crippen LogP) is 2.26. The molecule has 13 heavy (non-hydrogen) atoms. The summed E-state index contributed by atoms with van der Waals surface area (Å²) in [5, 5.41) is 0. The second kappa shape index (κ2) is 4.49. The van der Waals surface area contributed by atoms with Gasteiger partial charge in [0, 0.05) is 6.54 Å². The van der Waals surface area contributed by atoms with E-state index in [9.17, 15) is 4.79 Å². The van der Waals surface area contributed by atoms with E-state index >= 15 is 0 Å². The summed E-state index contributed by atoms with van der Waals surface area (Å²) in [6.07, 6.45) is 2.03. The van der Waals surface area contributed by atoms with Crippen LogP contribution in [0.1, 0.15) is 33.6 Å². The molecule has 0 radical (unpaired) electrons. The minimum Gasteiger partial charge on any atom is -0.447 e. The number of carbonyl (C=O) groups is 1. The first-order valence-electron chi connectivity index (χ1n) is 5.08. The van der Waals surface area contributed by atoms with Crippen molar-refractivity contribution in [2.24, 2.45) is 5.92 Å². The van der Waals surface area contributed by atoms with Crippen molar-refractivity contribution in [2.75, 3.05) is 13.2 Å². The second-order valence-corrected chi connectivity index (χ2v) is 4.07. The number of carbonyl (C=O) groups excluding carboxylic acids is 1. The standard InChI is InChI=1S/C10H19NO2/c1-4-5-9-7-13-10(12)11(9)6-8(2)3/h8-9H,4-7H2,1-3H3. The highest BCUT2D eigenvalue weighted by molar-refractivity contribution is 5.70. The lowest BCUT2D eigenvalue weighted by Crippen LogP contribution is -2.36. The third-order valence-electron chi connectivity index (χ3n) is 2.26. The Balaban J connectivity index is 2.49. The van der Waals surface area contributed by atoms with Crippen molar-refractivity contribution in [2.45, 2.75) is 39.7 Å². The number of hydrogen-bond acceptors (Lipinski definition) is 2. The molecule has 1 rings (SSSR count). The number of cyclic esters (lactones) is 1. The fourth-order valence-electron chi connectivity index (χ4n) is 1.68. The van der Waals surface area contributed by atoms with Crippen LogP contribution in [0.4, 0.5) is 4.79 Å². The van der Waals surface area contributed by atoms with Gasteiger partial charge in [0.15, 0.2) is 0 Å². The number of hydrogen-bond donors (Lipinski definition) is 0. The average molecular weight is 185 g/mol. The fourth-order valence-corrected chi connectivity index (χ4v) is 1.68. The molecule has 0 aromatic rings. The maximum Gasteiger partial charge on any atom is 0.410 e. The SMILES string of the molecule is CCCC1COC(=O)N1CC(C)C. The Morgan fingerprint density at radius 1 is 1.62 bits per heavy atom. The minimum absolute atomic E-state index is 0.132. The second-order valence-electron chi connectivity index (χ2n) is 4.07. The third kappa shape index (κ3) is 2.61. The van der Waals surface area contributed by atoms with E-state index < -0.39 is 0 Å². The van der Waals surface area contributed by atoms with E-state index in [1.54, 1.807) is 0 Å². The molecule has 76 valence electrons. The summed E-state index contributed by atoms with van der Waals surface area (Å²) in [5.74, 6) is 0.519. The number of nitrogens with zero attached hydrogens (tertiary/aromatic N) is 1. The summed E-state index contributed by atoms with van der Waals surface area (Å²) in [5.41, 5.74) is 0. The van der Waals surface area contributed by atoms with Crippen LogP contribution in [0, 0.1) is 5.92 Å². The van der Waals surface area contributed by atoms with Gasteiger partial charge in [-0.05, 0) is 12.3 Å². The van der Waals surface area contributed by atoms with Crippen LogP contribution < -0.4 is 0 Å². The first-order valence-corrected chi connectivity index (χ1v) is 5.08. The van der Waals surface area contributed by atoms with Gasteiger partial charge in [0.2, 0.25) is 0 Å². The fraction of sp³-hybridized carbons (Fsp3) is 0.900. The lowest BCUT2D eigenvalue weighted by molar-refractivity contribution is 0.154. The number of rotatable bonds is 4. The molecule has 1 heterocycles. The van der Waals surface area contributed by atoms with Crippen LogP contribution in [0.2, 0.25) is 0 Å². The van der Waals surface area contributed by atoms with E-state index in [1.165, 1.54) is 0 Å². The molecular formula is C10H19NO2. The Kier molecular flexibility index (Phi) is 3.58. The molecule has 3 nitrogen and oxygen atoms in total. The monoisotopic (exact) mass is 185 g/mol. The highest BCUT2D eigenvalue weighted by atomic mass is 16.6. The molecule has 1 saturated heterocycles. The zero-order valence-corrected chi connectivity index (χ0v) is 8.75. The van der Waals surface area contributed by atoms with Gasteiger partial charge < -0.3 is 9.64 Å². The lowest BCUT2D eigenvalue weighted by Gasteiger charge is -2.22. The largest absolute Gasteiger partial charge is 0.447 e. The maximum absolute atomic E-state index is 11.3. The predicted molar refractivity (Wildman–Crippen MR) is 51.6 cm³/mol. The molecule has 0 aliphatic carbocycles. The molecule has 0 saturated carbocycles. The van der Waals surface area contributed by atoms with Gasteiger partial charge in [-0.25, -0.2) is 4.79 Å². The molecule has 3 heteroatoms.